The number of nitrogens with one attached hydrogen (secondary N) is 1. The van der Waals surface area contributed by atoms with Gasteiger partial charge in [0.15, 0.2) is 0 Å². The molecule has 0 aliphatic heterocycles. The van der Waals surface area contributed by atoms with Gasteiger partial charge < -0.3 is 25.7 Å². The van der Waals surface area contributed by atoms with Gasteiger partial charge >= 0.3 is 0 Å². The van der Waals surface area contributed by atoms with Crippen LogP contribution < -0.4 is 5.32 Å². The minimum absolute atomic E-state index is 0.371. The van der Waals surface area contributed by atoms with Crippen LogP contribution in [0, 0.1) is 0 Å². The van der Waals surface area contributed by atoms with Gasteiger partial charge in [-0.05, 0) is 44.9 Å². The van der Waals surface area contributed by atoms with Gasteiger partial charge in [-0.1, -0.05) is 282 Å². The minimum atomic E-state index is -1.26. The fraction of sp³-hybridized carbons (Fsp3) is 0.912. The first-order chi connectivity index (χ1) is 31.0. The average molecular weight is 891 g/mol. The van der Waals surface area contributed by atoms with Gasteiger partial charge in [-0.3, -0.25) is 4.79 Å². The van der Waals surface area contributed by atoms with Crippen molar-refractivity contribution in [2.75, 3.05) is 6.61 Å². The molecule has 374 valence electrons. The van der Waals surface area contributed by atoms with Crippen LogP contribution in [0.4, 0.5) is 0 Å². The predicted molar refractivity (Wildman–Crippen MR) is 274 cm³/mol. The van der Waals surface area contributed by atoms with Crippen LogP contribution >= 0.6 is 0 Å². The molecule has 0 aromatic rings. The van der Waals surface area contributed by atoms with Crippen LogP contribution in [-0.4, -0.2) is 57.3 Å². The minimum Gasteiger partial charge on any atom is -0.394 e. The maximum Gasteiger partial charge on any atom is 0.249 e. The fourth-order valence-electron chi connectivity index (χ4n) is 8.97. The smallest absolute Gasteiger partial charge is 0.249 e. The molecule has 5 N–H and O–H groups in total. The van der Waals surface area contributed by atoms with Gasteiger partial charge in [-0.2, -0.15) is 0 Å². The van der Waals surface area contributed by atoms with Crippen molar-refractivity contribution in [3.05, 3.63) is 24.3 Å². The van der Waals surface area contributed by atoms with E-state index in [4.69, 9.17) is 0 Å². The summed E-state index contributed by atoms with van der Waals surface area (Å²) in [5.41, 5.74) is 0. The summed E-state index contributed by atoms with van der Waals surface area (Å²) < 4.78 is 0. The van der Waals surface area contributed by atoms with Crippen LogP contribution in [0.2, 0.25) is 0 Å². The number of allylic oxidation sites excluding steroid dienone is 4. The Morgan fingerprint density at radius 1 is 0.397 bits per heavy atom. The number of hydrogen-bond acceptors (Lipinski definition) is 5. The van der Waals surface area contributed by atoms with Gasteiger partial charge in [0.1, 0.15) is 12.2 Å². The van der Waals surface area contributed by atoms with E-state index in [1.54, 1.807) is 0 Å². The molecule has 63 heavy (non-hydrogen) atoms. The lowest BCUT2D eigenvalue weighted by Crippen LogP contribution is -2.53. The van der Waals surface area contributed by atoms with Crippen molar-refractivity contribution in [1.82, 2.24) is 5.32 Å². The van der Waals surface area contributed by atoms with E-state index in [1.807, 2.05) is 0 Å². The van der Waals surface area contributed by atoms with Crippen molar-refractivity contribution in [3.8, 4) is 0 Å². The molecule has 6 heteroatoms. The van der Waals surface area contributed by atoms with Crippen LogP contribution in [-0.2, 0) is 4.79 Å². The second kappa shape index (κ2) is 51.8. The highest BCUT2D eigenvalue weighted by Gasteiger charge is 2.28. The zero-order valence-electron chi connectivity index (χ0n) is 42.3. The third kappa shape index (κ3) is 45.7. The van der Waals surface area contributed by atoms with E-state index in [9.17, 15) is 25.2 Å². The summed E-state index contributed by atoms with van der Waals surface area (Å²) >= 11 is 0. The van der Waals surface area contributed by atoms with Gasteiger partial charge in [0, 0.05) is 0 Å². The number of unbranched alkanes of at least 4 members (excludes halogenated alkanes) is 39. The lowest BCUT2D eigenvalue weighted by atomic mass is 9.99. The average Bonchev–Trinajstić information content (AvgIpc) is 3.29. The van der Waals surface area contributed by atoms with Crippen LogP contribution in [0.15, 0.2) is 24.3 Å². The summed E-state index contributed by atoms with van der Waals surface area (Å²) in [6.07, 6.45) is 62.9. The highest BCUT2D eigenvalue weighted by atomic mass is 16.3. The highest BCUT2D eigenvalue weighted by Crippen LogP contribution is 2.18. The molecule has 0 bridgehead atoms. The zero-order chi connectivity index (χ0) is 45.9. The van der Waals surface area contributed by atoms with E-state index >= 15 is 0 Å². The molecular formula is C57H111NO5. The Hall–Kier alpha value is -1.21. The first-order valence-corrected chi connectivity index (χ1v) is 28.2. The molecule has 0 radical (unpaired) electrons. The molecule has 6 nitrogen and oxygen atoms in total. The molecular weight excluding hydrogens is 779 g/mol. The monoisotopic (exact) mass is 890 g/mol. The third-order valence-corrected chi connectivity index (χ3v) is 13.4. The lowest BCUT2D eigenvalue weighted by molar-refractivity contribution is -0.132. The molecule has 1 amide bonds. The fourth-order valence-corrected chi connectivity index (χ4v) is 8.97. The normalized spacial score (nSPS) is 13.9. The third-order valence-electron chi connectivity index (χ3n) is 13.4. The molecule has 0 aromatic carbocycles. The summed E-state index contributed by atoms with van der Waals surface area (Å²) in [6, 6.07) is -0.982. The number of hydrogen-bond donors (Lipinski definition) is 5. The molecule has 0 aromatic heterocycles. The molecule has 0 fully saturated rings. The van der Waals surface area contributed by atoms with E-state index in [0.29, 0.717) is 12.8 Å². The maximum atomic E-state index is 12.5. The molecule has 0 saturated carbocycles. The Kier molecular flexibility index (Phi) is 50.8. The van der Waals surface area contributed by atoms with Crippen molar-refractivity contribution in [2.45, 2.75) is 327 Å². The van der Waals surface area contributed by atoms with E-state index < -0.39 is 36.9 Å². The SMILES string of the molecule is CCCCCCCCCCCCCCCCC/C=C\C/C=C\CCCCCCCCCCCCCCCCCCC(O)C(=O)NC(CO)C(O)C(O)CCCCCCCCCCC. The quantitative estimate of drug-likeness (QED) is 0.0309. The highest BCUT2D eigenvalue weighted by molar-refractivity contribution is 5.80. The van der Waals surface area contributed by atoms with Crippen molar-refractivity contribution < 1.29 is 25.2 Å². The molecule has 0 spiro atoms. The van der Waals surface area contributed by atoms with E-state index in [2.05, 4.69) is 43.5 Å². The Balaban J connectivity index is 3.49. The van der Waals surface area contributed by atoms with Gasteiger partial charge in [-0.25, -0.2) is 0 Å². The van der Waals surface area contributed by atoms with Gasteiger partial charge in [0.05, 0.1) is 18.8 Å². The molecule has 0 heterocycles. The van der Waals surface area contributed by atoms with Crippen molar-refractivity contribution in [3.63, 3.8) is 0 Å². The van der Waals surface area contributed by atoms with E-state index in [-0.39, 0.29) is 0 Å². The van der Waals surface area contributed by atoms with E-state index in [1.165, 1.54) is 231 Å². The number of carbonyl (C=O) groups is 1. The van der Waals surface area contributed by atoms with Gasteiger partial charge in [0.25, 0.3) is 0 Å². The van der Waals surface area contributed by atoms with Crippen LogP contribution in [0.25, 0.3) is 0 Å². The van der Waals surface area contributed by atoms with Crippen LogP contribution in [0.5, 0.6) is 0 Å². The summed E-state index contributed by atoms with van der Waals surface area (Å²) in [5.74, 6) is -0.583. The molecule has 0 aliphatic rings. The number of amides is 1. The van der Waals surface area contributed by atoms with Crippen molar-refractivity contribution >= 4 is 5.91 Å². The standard InChI is InChI=1S/C57H111NO5/c1-3-5-7-9-11-13-14-15-16-17-18-19-20-21-22-23-24-25-26-27-28-29-30-31-32-33-34-35-36-37-38-39-40-41-43-45-47-49-51-55(61)57(63)58-53(52-59)56(62)54(60)50-48-46-44-42-12-10-8-6-4-2/h24-25,27-28,53-56,59-62H,3-23,26,29-52H2,1-2H3,(H,58,63)/b25-24-,28-27-. The number of aliphatic hydroxyl groups excluding tert-OH is 4. The first kappa shape index (κ1) is 61.8. The first-order valence-electron chi connectivity index (χ1n) is 28.2. The number of carbonyl (C=O) groups excluding carboxylic acids is 1. The Bertz CT molecular complexity index is 955. The Labute approximate surface area is 393 Å². The van der Waals surface area contributed by atoms with Gasteiger partial charge in [-0.15, -0.1) is 0 Å². The van der Waals surface area contributed by atoms with Gasteiger partial charge in [0.2, 0.25) is 5.91 Å². The zero-order valence-corrected chi connectivity index (χ0v) is 42.3. The molecule has 0 aliphatic carbocycles. The van der Waals surface area contributed by atoms with Crippen LogP contribution in [0.1, 0.15) is 303 Å². The second-order valence-electron chi connectivity index (χ2n) is 19.6. The topological polar surface area (TPSA) is 110 Å². The number of rotatable bonds is 52. The molecule has 4 atom stereocenters. The summed E-state index contributed by atoms with van der Waals surface area (Å²) in [6.45, 7) is 4.04. The summed E-state index contributed by atoms with van der Waals surface area (Å²) in [5, 5.41) is 43.6. The Morgan fingerprint density at radius 2 is 0.683 bits per heavy atom. The largest absolute Gasteiger partial charge is 0.394 e. The maximum absolute atomic E-state index is 12.5. The van der Waals surface area contributed by atoms with Crippen molar-refractivity contribution in [2.24, 2.45) is 0 Å². The molecule has 4 unspecified atom stereocenters. The lowest BCUT2D eigenvalue weighted by Gasteiger charge is -2.27. The van der Waals surface area contributed by atoms with Crippen molar-refractivity contribution in [1.29, 1.82) is 0 Å². The summed E-state index contributed by atoms with van der Waals surface area (Å²) in [7, 11) is 0. The number of aliphatic hydroxyl groups is 4. The Morgan fingerprint density at radius 3 is 1.00 bits per heavy atom. The predicted octanol–water partition coefficient (Wildman–Crippen LogP) is 16.3. The van der Waals surface area contributed by atoms with Crippen LogP contribution in [0.3, 0.4) is 0 Å². The molecule has 0 rings (SSSR count). The van der Waals surface area contributed by atoms with E-state index in [0.717, 1.165) is 44.9 Å². The second-order valence-corrected chi connectivity index (χ2v) is 19.6. The summed E-state index contributed by atoms with van der Waals surface area (Å²) in [4.78, 5) is 12.5. The molecule has 0 saturated heterocycles.